The molecule has 1 aromatic heterocycles. The fourth-order valence-corrected chi connectivity index (χ4v) is 1.80. The van der Waals surface area contributed by atoms with Gasteiger partial charge < -0.3 is 9.84 Å². The summed E-state index contributed by atoms with van der Waals surface area (Å²) in [7, 11) is 0.180. The summed E-state index contributed by atoms with van der Waals surface area (Å²) in [5.41, 5.74) is 0. The molecule has 2 atom stereocenters. The molecule has 0 aliphatic carbocycles. The average molecular weight is 216 g/mol. The first-order chi connectivity index (χ1) is 6.63. The minimum Gasteiger partial charge on any atom is -0.480 e. The molecule has 0 saturated carbocycles. The summed E-state index contributed by atoms with van der Waals surface area (Å²) in [5.74, 6) is 0.545. The summed E-state index contributed by atoms with van der Waals surface area (Å²) in [4.78, 5) is 0. The van der Waals surface area contributed by atoms with Crippen LogP contribution in [0, 0.1) is 0 Å². The molecule has 0 spiro atoms. The first-order valence-electron chi connectivity index (χ1n) is 4.07. The van der Waals surface area contributed by atoms with Gasteiger partial charge in [-0.1, -0.05) is 0 Å². The van der Waals surface area contributed by atoms with Gasteiger partial charge >= 0.3 is 0 Å². The van der Waals surface area contributed by atoms with Crippen LogP contribution in [-0.4, -0.2) is 38.5 Å². The second-order valence-electron chi connectivity index (χ2n) is 2.78. The molecule has 0 aromatic carbocycles. The molecule has 1 aromatic rings. The van der Waals surface area contributed by atoms with Crippen molar-refractivity contribution in [1.82, 2.24) is 10.2 Å². The van der Waals surface area contributed by atoms with Crippen molar-refractivity contribution < 1.29 is 14.1 Å². The Balaban J connectivity index is 2.71. The number of ether oxygens (including phenoxy) is 1. The molecule has 6 heteroatoms. The van der Waals surface area contributed by atoms with Crippen molar-refractivity contribution in [2.45, 2.75) is 18.1 Å². The summed E-state index contributed by atoms with van der Waals surface area (Å²) in [6, 6.07) is 3.16. The lowest BCUT2D eigenvalue weighted by Crippen LogP contribution is -2.13. The van der Waals surface area contributed by atoms with Crippen LogP contribution in [0.5, 0.6) is 5.88 Å². The van der Waals surface area contributed by atoms with Crippen molar-refractivity contribution in [2.24, 2.45) is 0 Å². The van der Waals surface area contributed by atoms with Crippen LogP contribution in [0.2, 0.25) is 0 Å². The summed E-state index contributed by atoms with van der Waals surface area (Å²) >= 11 is 0. The minimum atomic E-state index is -1.30. The fraction of sp³-hybridized carbons (Fsp3) is 0.500. The highest BCUT2D eigenvalue weighted by Gasteiger charge is 2.09. The standard InChI is InChI=1S/C8H12N2O3S/c1-6(11)5-14(12)8-4-3-7(13-2)9-10-8/h3-4,6,11H,5H2,1-2H3. The van der Waals surface area contributed by atoms with Crippen molar-refractivity contribution >= 4 is 10.8 Å². The number of aromatic nitrogens is 2. The minimum absolute atomic E-state index is 0.168. The van der Waals surface area contributed by atoms with Crippen LogP contribution in [0.1, 0.15) is 6.92 Å². The van der Waals surface area contributed by atoms with Gasteiger partial charge in [0.15, 0.2) is 0 Å². The zero-order chi connectivity index (χ0) is 10.6. The highest BCUT2D eigenvalue weighted by atomic mass is 32.2. The van der Waals surface area contributed by atoms with Crippen molar-refractivity contribution in [2.75, 3.05) is 12.9 Å². The topological polar surface area (TPSA) is 72.3 Å². The first kappa shape index (κ1) is 11.1. The molecule has 5 nitrogen and oxygen atoms in total. The Morgan fingerprint density at radius 3 is 2.71 bits per heavy atom. The molecule has 2 unspecified atom stereocenters. The molecule has 0 radical (unpaired) electrons. The van der Waals surface area contributed by atoms with E-state index in [1.807, 2.05) is 0 Å². The number of aliphatic hydroxyl groups excluding tert-OH is 1. The largest absolute Gasteiger partial charge is 0.480 e. The Bertz CT molecular complexity index is 313. The summed E-state index contributed by atoms with van der Waals surface area (Å²) in [6.07, 6.45) is -0.611. The van der Waals surface area contributed by atoms with Crippen LogP contribution in [0.15, 0.2) is 17.2 Å². The number of methoxy groups -OCH3 is 1. The summed E-state index contributed by atoms with van der Waals surface area (Å²) in [5, 5.41) is 16.8. The van der Waals surface area contributed by atoms with Crippen LogP contribution in [0.3, 0.4) is 0 Å². The van der Waals surface area contributed by atoms with Gasteiger partial charge in [0.2, 0.25) is 5.88 Å². The van der Waals surface area contributed by atoms with Crippen molar-refractivity contribution in [3.63, 3.8) is 0 Å². The molecule has 14 heavy (non-hydrogen) atoms. The molecular weight excluding hydrogens is 204 g/mol. The van der Waals surface area contributed by atoms with E-state index in [0.717, 1.165) is 0 Å². The van der Waals surface area contributed by atoms with Gasteiger partial charge in [-0.25, -0.2) is 0 Å². The lowest BCUT2D eigenvalue weighted by molar-refractivity contribution is 0.219. The molecule has 0 fully saturated rings. The third-order valence-electron chi connectivity index (χ3n) is 1.45. The predicted octanol–water partition coefficient (Wildman–Crippen LogP) is -0.0264. The van der Waals surface area contributed by atoms with Crippen LogP contribution in [-0.2, 0) is 10.8 Å². The van der Waals surface area contributed by atoms with E-state index >= 15 is 0 Å². The lowest BCUT2D eigenvalue weighted by atomic mass is 10.5. The number of aliphatic hydroxyl groups is 1. The van der Waals surface area contributed by atoms with Gasteiger partial charge in [0.05, 0.1) is 29.8 Å². The van der Waals surface area contributed by atoms with Crippen molar-refractivity contribution in [3.05, 3.63) is 12.1 Å². The number of rotatable bonds is 4. The van der Waals surface area contributed by atoms with E-state index < -0.39 is 16.9 Å². The SMILES string of the molecule is COc1ccc(S(=O)CC(C)O)nn1. The Morgan fingerprint density at radius 1 is 1.57 bits per heavy atom. The Hall–Kier alpha value is -1.01. The van der Waals surface area contributed by atoms with Crippen molar-refractivity contribution in [3.8, 4) is 5.88 Å². The maximum Gasteiger partial charge on any atom is 0.233 e. The molecule has 78 valence electrons. The van der Waals surface area contributed by atoms with E-state index in [4.69, 9.17) is 9.84 Å². The van der Waals surface area contributed by atoms with Gasteiger partial charge in [0.25, 0.3) is 0 Å². The second-order valence-corrected chi connectivity index (χ2v) is 4.22. The second kappa shape index (κ2) is 5.02. The molecule has 0 aliphatic heterocycles. The molecule has 0 amide bonds. The maximum absolute atomic E-state index is 11.5. The quantitative estimate of drug-likeness (QED) is 0.765. The normalized spacial score (nSPS) is 14.8. The van der Waals surface area contributed by atoms with Gasteiger partial charge in [0, 0.05) is 6.07 Å². The summed E-state index contributed by atoms with van der Waals surface area (Å²) < 4.78 is 16.3. The van der Waals surface area contributed by atoms with E-state index in [9.17, 15) is 4.21 Å². The van der Waals surface area contributed by atoms with Crippen LogP contribution < -0.4 is 4.74 Å². The highest BCUT2D eigenvalue weighted by Crippen LogP contribution is 2.07. The van der Waals surface area contributed by atoms with Gasteiger partial charge in [0.1, 0.15) is 5.03 Å². The van der Waals surface area contributed by atoms with E-state index in [-0.39, 0.29) is 5.75 Å². The van der Waals surface area contributed by atoms with E-state index in [1.165, 1.54) is 7.11 Å². The monoisotopic (exact) mass is 216 g/mol. The number of hydrogen-bond acceptors (Lipinski definition) is 5. The molecule has 1 rings (SSSR count). The lowest BCUT2D eigenvalue weighted by Gasteiger charge is -2.03. The molecule has 1 heterocycles. The number of nitrogens with zero attached hydrogens (tertiary/aromatic N) is 2. The molecule has 1 N–H and O–H groups in total. The maximum atomic E-state index is 11.5. The molecular formula is C8H12N2O3S. The smallest absolute Gasteiger partial charge is 0.233 e. The predicted molar refractivity (Wildman–Crippen MR) is 51.5 cm³/mol. The Kier molecular flexibility index (Phi) is 3.97. The van der Waals surface area contributed by atoms with E-state index in [2.05, 4.69) is 10.2 Å². The van der Waals surface area contributed by atoms with Crippen LogP contribution in [0.4, 0.5) is 0 Å². The van der Waals surface area contributed by atoms with Crippen molar-refractivity contribution in [1.29, 1.82) is 0 Å². The third-order valence-corrected chi connectivity index (χ3v) is 2.92. The van der Waals surface area contributed by atoms with Crippen LogP contribution >= 0.6 is 0 Å². The molecule has 0 aliphatic rings. The van der Waals surface area contributed by atoms with E-state index in [1.54, 1.807) is 19.1 Å². The number of hydrogen-bond donors (Lipinski definition) is 1. The third kappa shape index (κ3) is 3.04. The Labute approximate surface area is 84.6 Å². The van der Waals surface area contributed by atoms with Gasteiger partial charge in [-0.3, -0.25) is 4.21 Å². The zero-order valence-electron chi connectivity index (χ0n) is 8.01. The molecule has 0 saturated heterocycles. The van der Waals surface area contributed by atoms with Gasteiger partial charge in [-0.05, 0) is 13.0 Å². The fourth-order valence-electron chi connectivity index (χ4n) is 0.843. The van der Waals surface area contributed by atoms with Gasteiger partial charge in [-0.2, -0.15) is 0 Å². The van der Waals surface area contributed by atoms with E-state index in [0.29, 0.717) is 10.9 Å². The summed E-state index contributed by atoms with van der Waals surface area (Å²) in [6.45, 7) is 1.58. The average Bonchev–Trinajstić information content (AvgIpc) is 2.17. The van der Waals surface area contributed by atoms with Crippen LogP contribution in [0.25, 0.3) is 0 Å². The highest BCUT2D eigenvalue weighted by molar-refractivity contribution is 7.85. The first-order valence-corrected chi connectivity index (χ1v) is 5.39. The molecule has 0 bridgehead atoms. The zero-order valence-corrected chi connectivity index (χ0v) is 8.82. The Morgan fingerprint density at radius 2 is 2.29 bits per heavy atom. The van der Waals surface area contributed by atoms with Gasteiger partial charge in [-0.15, -0.1) is 10.2 Å².